The molecule has 1 nitrogen and oxygen atoms in total. The quantitative estimate of drug-likeness (QED) is 0.154. The standard InChI is InChI=1S/C54H45N/c1-32-29-30-52(5)44-25-15-16-26-46(44)55(34-27-28-38-35-17-7-11-21-40(35)51(3,4)45(38)31-34)53(6)49-39-20-10-14-24-43(39)54(48(49)33(2)47(32)50(52)53)41-22-12-8-18-36(41)37-19-9-13-23-42(37)54/h7-33H,1-6H3. The van der Waals surface area contributed by atoms with E-state index in [2.05, 4.69) is 198 Å². The van der Waals surface area contributed by atoms with Crippen molar-refractivity contribution in [2.45, 2.75) is 63.3 Å². The molecule has 1 heteroatoms. The zero-order chi connectivity index (χ0) is 37.2. The zero-order valence-electron chi connectivity index (χ0n) is 32.5. The molecular weight excluding hydrogens is 663 g/mol. The van der Waals surface area contributed by atoms with Gasteiger partial charge in [-0.3, -0.25) is 0 Å². The first-order valence-corrected chi connectivity index (χ1v) is 20.3. The van der Waals surface area contributed by atoms with Gasteiger partial charge in [0.25, 0.3) is 0 Å². The number of hydrogen-bond donors (Lipinski definition) is 0. The number of anilines is 2. The van der Waals surface area contributed by atoms with E-state index in [9.17, 15) is 0 Å². The highest BCUT2D eigenvalue weighted by Crippen LogP contribution is 2.72. The van der Waals surface area contributed by atoms with Crippen molar-refractivity contribution < 1.29 is 0 Å². The first-order valence-electron chi connectivity index (χ1n) is 20.3. The third kappa shape index (κ3) is 3.42. The van der Waals surface area contributed by atoms with E-state index in [0.717, 1.165) is 0 Å². The number of allylic oxidation sites excluding steroid dienone is 4. The number of para-hydroxylation sites is 1. The Kier molecular flexibility index (Phi) is 5.84. The van der Waals surface area contributed by atoms with E-state index in [0.29, 0.717) is 5.92 Å². The smallest absolute Gasteiger partial charge is 0.0908 e. The van der Waals surface area contributed by atoms with Crippen molar-refractivity contribution in [2.24, 2.45) is 11.8 Å². The molecule has 5 aliphatic carbocycles. The second-order valence-electron chi connectivity index (χ2n) is 17.9. The van der Waals surface area contributed by atoms with E-state index in [-0.39, 0.29) is 22.2 Å². The predicted octanol–water partition coefficient (Wildman–Crippen LogP) is 13.1. The SMILES string of the molecule is CC1C=CC2(C)C3=C1C(C)C1=C(c4ccccc4C14c1ccccc1-c1ccccc14)C3(C)N(c1ccc3c(c1)C(C)(C)c1ccccc1-3)c1ccccc12. The molecule has 0 saturated heterocycles. The average Bonchev–Trinajstić information content (AvgIpc) is 3.77. The summed E-state index contributed by atoms with van der Waals surface area (Å²) in [5, 5.41) is 0. The van der Waals surface area contributed by atoms with E-state index in [4.69, 9.17) is 0 Å². The molecule has 6 aromatic rings. The largest absolute Gasteiger partial charge is 0.327 e. The Morgan fingerprint density at radius 1 is 0.509 bits per heavy atom. The molecule has 0 fully saturated rings. The van der Waals surface area contributed by atoms with Crippen molar-refractivity contribution in [2.75, 3.05) is 4.90 Å². The molecular formula is C54H45N. The van der Waals surface area contributed by atoms with Crippen LogP contribution in [0.4, 0.5) is 11.4 Å². The molecule has 0 amide bonds. The fourth-order valence-electron chi connectivity index (χ4n) is 13.1. The van der Waals surface area contributed by atoms with Gasteiger partial charge in [-0.15, -0.1) is 0 Å². The second-order valence-corrected chi connectivity index (χ2v) is 17.9. The minimum absolute atomic E-state index is 0.105. The van der Waals surface area contributed by atoms with Crippen LogP contribution in [0.1, 0.15) is 80.5 Å². The lowest BCUT2D eigenvalue weighted by Gasteiger charge is -2.61. The molecule has 4 atom stereocenters. The van der Waals surface area contributed by atoms with Crippen LogP contribution in [0.5, 0.6) is 0 Å². The van der Waals surface area contributed by atoms with Crippen LogP contribution >= 0.6 is 0 Å². The van der Waals surface area contributed by atoms with E-state index in [1.807, 2.05) is 0 Å². The van der Waals surface area contributed by atoms with Gasteiger partial charge < -0.3 is 4.90 Å². The molecule has 1 aliphatic heterocycles. The molecule has 55 heavy (non-hydrogen) atoms. The lowest BCUT2D eigenvalue weighted by molar-refractivity contribution is 0.453. The van der Waals surface area contributed by atoms with E-state index in [1.54, 1.807) is 16.7 Å². The van der Waals surface area contributed by atoms with Gasteiger partial charge in [-0.25, -0.2) is 0 Å². The van der Waals surface area contributed by atoms with Crippen LogP contribution in [0.15, 0.2) is 168 Å². The molecule has 4 unspecified atom stereocenters. The van der Waals surface area contributed by atoms with E-state index < -0.39 is 5.54 Å². The fourth-order valence-corrected chi connectivity index (χ4v) is 13.1. The van der Waals surface area contributed by atoms with Gasteiger partial charge in [-0.2, -0.15) is 0 Å². The van der Waals surface area contributed by atoms with Crippen molar-refractivity contribution in [3.63, 3.8) is 0 Å². The average molecular weight is 708 g/mol. The Balaban J connectivity index is 1.24. The Bertz CT molecular complexity index is 2780. The third-order valence-electron chi connectivity index (χ3n) is 15.1. The van der Waals surface area contributed by atoms with Crippen LogP contribution in [0.25, 0.3) is 27.8 Å². The van der Waals surface area contributed by atoms with Gasteiger partial charge in [0.05, 0.1) is 11.0 Å². The fraction of sp³-hybridized carbons (Fsp3) is 0.222. The van der Waals surface area contributed by atoms with E-state index >= 15 is 0 Å². The van der Waals surface area contributed by atoms with Crippen molar-refractivity contribution in [1.82, 2.24) is 0 Å². The highest BCUT2D eigenvalue weighted by Gasteiger charge is 2.65. The molecule has 0 radical (unpaired) electrons. The van der Waals surface area contributed by atoms with Crippen LogP contribution in [0.2, 0.25) is 0 Å². The molecule has 266 valence electrons. The maximum Gasteiger partial charge on any atom is 0.0908 e. The van der Waals surface area contributed by atoms with Crippen LogP contribution in [-0.4, -0.2) is 5.54 Å². The van der Waals surface area contributed by atoms with Gasteiger partial charge >= 0.3 is 0 Å². The number of fused-ring (bicyclic) bond motifs is 15. The van der Waals surface area contributed by atoms with Crippen molar-refractivity contribution in [1.29, 1.82) is 0 Å². The van der Waals surface area contributed by atoms with Gasteiger partial charge in [-0.1, -0.05) is 167 Å². The molecule has 0 aromatic heterocycles. The maximum atomic E-state index is 2.79. The molecule has 1 heterocycles. The lowest BCUT2D eigenvalue weighted by Crippen LogP contribution is -2.59. The summed E-state index contributed by atoms with van der Waals surface area (Å²) >= 11 is 0. The third-order valence-corrected chi connectivity index (χ3v) is 15.1. The van der Waals surface area contributed by atoms with Gasteiger partial charge in [0.15, 0.2) is 0 Å². The summed E-state index contributed by atoms with van der Waals surface area (Å²) in [5.41, 5.74) is 22.9. The molecule has 12 rings (SSSR count). The normalized spacial score (nSPS) is 26.2. The summed E-state index contributed by atoms with van der Waals surface area (Å²) in [6.07, 6.45) is 5.08. The van der Waals surface area contributed by atoms with Crippen LogP contribution in [0, 0.1) is 11.8 Å². The highest BCUT2D eigenvalue weighted by molar-refractivity contribution is 6.03. The molecule has 1 spiro atoms. The van der Waals surface area contributed by atoms with Gasteiger partial charge in [0.2, 0.25) is 0 Å². The minimum atomic E-state index is -0.491. The van der Waals surface area contributed by atoms with E-state index in [1.165, 1.54) is 78.1 Å². The summed E-state index contributed by atoms with van der Waals surface area (Å²) in [4.78, 5) is 2.79. The summed E-state index contributed by atoms with van der Waals surface area (Å²) in [5.74, 6) is 0.532. The summed E-state index contributed by atoms with van der Waals surface area (Å²) in [6.45, 7) is 14.9. The highest BCUT2D eigenvalue weighted by atomic mass is 15.2. The van der Waals surface area contributed by atoms with Gasteiger partial charge in [-0.05, 0) is 116 Å². The molecule has 6 aliphatic rings. The van der Waals surface area contributed by atoms with Gasteiger partial charge in [0.1, 0.15) is 0 Å². The Labute approximate surface area is 325 Å². The predicted molar refractivity (Wildman–Crippen MR) is 228 cm³/mol. The van der Waals surface area contributed by atoms with Crippen LogP contribution < -0.4 is 4.90 Å². The number of nitrogens with zero attached hydrogens (tertiary/aromatic N) is 1. The Morgan fingerprint density at radius 3 is 1.67 bits per heavy atom. The topological polar surface area (TPSA) is 3.24 Å². The van der Waals surface area contributed by atoms with Crippen molar-refractivity contribution >= 4 is 16.9 Å². The first-order chi connectivity index (χ1) is 26.6. The van der Waals surface area contributed by atoms with Gasteiger partial charge in [0, 0.05) is 28.1 Å². The van der Waals surface area contributed by atoms with Crippen LogP contribution in [-0.2, 0) is 16.2 Å². The summed E-state index contributed by atoms with van der Waals surface area (Å²) in [7, 11) is 0. The molecule has 6 aromatic carbocycles. The first kappa shape index (κ1) is 31.7. The van der Waals surface area contributed by atoms with Crippen molar-refractivity contribution in [3.05, 3.63) is 207 Å². The maximum absolute atomic E-state index is 2.79. The number of hydrogen-bond acceptors (Lipinski definition) is 1. The minimum Gasteiger partial charge on any atom is -0.327 e. The number of benzene rings is 6. The summed E-state index contributed by atoms with van der Waals surface area (Å²) < 4.78 is 0. The van der Waals surface area contributed by atoms with Crippen molar-refractivity contribution in [3.8, 4) is 22.3 Å². The molecule has 0 saturated carbocycles. The van der Waals surface area contributed by atoms with Crippen LogP contribution in [0.3, 0.4) is 0 Å². The molecule has 0 bridgehead atoms. The Morgan fingerprint density at radius 2 is 1.02 bits per heavy atom. The molecule has 0 N–H and O–H groups in total. The Hall–Kier alpha value is -5.66. The second kappa shape index (κ2) is 10.1. The number of rotatable bonds is 1. The monoisotopic (exact) mass is 707 g/mol. The summed E-state index contributed by atoms with van der Waals surface area (Å²) in [6, 6.07) is 53.8. The zero-order valence-corrected chi connectivity index (χ0v) is 32.5. The lowest BCUT2D eigenvalue weighted by atomic mass is 9.51.